The van der Waals surface area contributed by atoms with E-state index in [9.17, 15) is 9.59 Å². The van der Waals surface area contributed by atoms with E-state index in [2.05, 4.69) is 24.4 Å². The zero-order valence-corrected chi connectivity index (χ0v) is 20.2. The first-order valence-corrected chi connectivity index (χ1v) is 12.0. The molecule has 1 atom stereocenters. The van der Waals surface area contributed by atoms with Crippen molar-refractivity contribution in [1.82, 2.24) is 5.32 Å². The zero-order chi connectivity index (χ0) is 23.9. The number of carboxylic acids is 1. The van der Waals surface area contributed by atoms with Gasteiger partial charge in [0.1, 0.15) is 6.04 Å². The molecule has 0 aromatic carbocycles. The number of aliphatic carboxylic acids is 1. The van der Waals surface area contributed by atoms with Crippen molar-refractivity contribution in [3.05, 3.63) is 72.9 Å². The minimum Gasteiger partial charge on any atom is -0.480 e. The normalized spacial score (nSPS) is 13.8. The first-order chi connectivity index (χ1) is 15.5. The quantitative estimate of drug-likeness (QED) is 0.136. The van der Waals surface area contributed by atoms with Gasteiger partial charge in [-0.05, 0) is 25.2 Å². The third-order valence-electron chi connectivity index (χ3n) is 4.68. The maximum absolute atomic E-state index is 11.8. The molecule has 0 aliphatic carbocycles. The van der Waals surface area contributed by atoms with Gasteiger partial charge < -0.3 is 10.4 Å². The summed E-state index contributed by atoms with van der Waals surface area (Å²) in [5.74, 6) is -1.22. The van der Waals surface area contributed by atoms with Crippen LogP contribution in [0.5, 0.6) is 0 Å². The average Bonchev–Trinajstić information content (AvgIpc) is 2.74. The maximum Gasteiger partial charge on any atom is 0.326 e. The monoisotopic (exact) mass is 441 g/mol. The largest absolute Gasteiger partial charge is 0.480 e. The summed E-state index contributed by atoms with van der Waals surface area (Å²) in [6, 6.07) is -0.857. The van der Waals surface area contributed by atoms with E-state index in [-0.39, 0.29) is 5.92 Å². The van der Waals surface area contributed by atoms with Crippen LogP contribution >= 0.6 is 0 Å². The summed E-state index contributed by atoms with van der Waals surface area (Å²) in [6.45, 7) is 6.10. The number of allylic oxidation sites excluding steroid dienone is 11. The van der Waals surface area contributed by atoms with Crippen LogP contribution in [0, 0.1) is 5.92 Å². The molecule has 4 heteroatoms. The molecule has 1 unspecified atom stereocenters. The Labute approximate surface area is 195 Å². The highest BCUT2D eigenvalue weighted by atomic mass is 16.4. The molecule has 32 heavy (non-hydrogen) atoms. The Bertz CT molecular complexity index is 666. The van der Waals surface area contributed by atoms with Crippen LogP contribution < -0.4 is 5.32 Å². The third-order valence-corrected chi connectivity index (χ3v) is 4.68. The van der Waals surface area contributed by atoms with Crippen molar-refractivity contribution in [2.45, 2.75) is 84.6 Å². The molecule has 4 nitrogen and oxygen atoms in total. The molecule has 178 valence electrons. The molecule has 0 bridgehead atoms. The Hall–Kier alpha value is -2.62. The second-order valence-corrected chi connectivity index (χ2v) is 8.27. The first-order valence-electron chi connectivity index (χ1n) is 12.0. The molecule has 0 radical (unpaired) electrons. The fraction of sp³-hybridized carbons (Fsp3) is 0.500. The molecule has 0 aliphatic rings. The number of carbonyl (C=O) groups excluding carboxylic acids is 1. The maximum atomic E-state index is 11.8. The van der Waals surface area contributed by atoms with Gasteiger partial charge >= 0.3 is 5.97 Å². The van der Waals surface area contributed by atoms with Crippen molar-refractivity contribution in [1.29, 1.82) is 0 Å². The van der Waals surface area contributed by atoms with E-state index in [0.29, 0.717) is 6.42 Å². The van der Waals surface area contributed by atoms with Crippen LogP contribution in [0.4, 0.5) is 0 Å². The number of hydrogen-bond acceptors (Lipinski definition) is 2. The fourth-order valence-corrected chi connectivity index (χ4v) is 2.96. The van der Waals surface area contributed by atoms with Gasteiger partial charge in [0.05, 0.1) is 0 Å². The van der Waals surface area contributed by atoms with Crippen molar-refractivity contribution < 1.29 is 14.7 Å². The number of carbonyl (C=O) groups is 2. The predicted octanol–water partition coefficient (Wildman–Crippen LogP) is 7.08. The molecule has 0 spiro atoms. The fourth-order valence-electron chi connectivity index (χ4n) is 2.96. The van der Waals surface area contributed by atoms with Crippen LogP contribution in [0.15, 0.2) is 72.9 Å². The summed E-state index contributed by atoms with van der Waals surface area (Å²) in [7, 11) is 0. The number of hydrogen-bond donors (Lipinski definition) is 2. The number of amides is 1. The number of carboxylic acid groups (broad SMARTS) is 1. The Morgan fingerprint density at radius 1 is 0.750 bits per heavy atom. The van der Waals surface area contributed by atoms with E-state index in [0.717, 1.165) is 6.42 Å². The summed E-state index contributed by atoms with van der Waals surface area (Å²) in [5.41, 5.74) is 0. The van der Waals surface area contributed by atoms with Crippen LogP contribution in [0.3, 0.4) is 0 Å². The average molecular weight is 442 g/mol. The van der Waals surface area contributed by atoms with Crippen molar-refractivity contribution >= 4 is 11.9 Å². The van der Waals surface area contributed by atoms with Gasteiger partial charge in [-0.25, -0.2) is 4.79 Å². The molecular formula is C28H43NO3. The van der Waals surface area contributed by atoms with Gasteiger partial charge in [0.15, 0.2) is 0 Å². The van der Waals surface area contributed by atoms with Gasteiger partial charge in [-0.15, -0.1) is 0 Å². The third kappa shape index (κ3) is 20.6. The molecule has 0 aliphatic heterocycles. The molecular weight excluding hydrogens is 398 g/mol. The van der Waals surface area contributed by atoms with Crippen molar-refractivity contribution in [2.75, 3.05) is 0 Å². The van der Waals surface area contributed by atoms with E-state index in [1.54, 1.807) is 12.2 Å². The topological polar surface area (TPSA) is 66.4 Å². The lowest BCUT2D eigenvalue weighted by molar-refractivity contribution is -0.141. The SMILES string of the molecule is CCCCCCCCCC=CC=CC=CC=CC=CC=CC(=O)NC(CC(C)C)C(=O)O. The van der Waals surface area contributed by atoms with Crippen LogP contribution in [0.2, 0.25) is 0 Å². The number of unbranched alkanes of at least 4 members (excludes halogenated alkanes) is 7. The zero-order valence-electron chi connectivity index (χ0n) is 20.2. The molecule has 0 fully saturated rings. The minimum absolute atomic E-state index is 0.194. The van der Waals surface area contributed by atoms with E-state index < -0.39 is 17.9 Å². The van der Waals surface area contributed by atoms with Crippen LogP contribution in [-0.2, 0) is 9.59 Å². The Morgan fingerprint density at radius 2 is 1.25 bits per heavy atom. The number of nitrogens with one attached hydrogen (secondary N) is 1. The lowest BCUT2D eigenvalue weighted by Gasteiger charge is -2.15. The molecule has 1 amide bonds. The molecule has 0 heterocycles. The van der Waals surface area contributed by atoms with Gasteiger partial charge in [0.25, 0.3) is 0 Å². The van der Waals surface area contributed by atoms with E-state index in [1.807, 2.05) is 56.4 Å². The molecule has 0 rings (SSSR count). The van der Waals surface area contributed by atoms with Crippen LogP contribution in [-0.4, -0.2) is 23.0 Å². The minimum atomic E-state index is -1.01. The van der Waals surface area contributed by atoms with Gasteiger partial charge in [0, 0.05) is 6.08 Å². The Kier molecular flexibility index (Phi) is 19.8. The predicted molar refractivity (Wildman–Crippen MR) is 136 cm³/mol. The summed E-state index contributed by atoms with van der Waals surface area (Å²) in [5, 5.41) is 11.6. The second kappa shape index (κ2) is 21.6. The molecule has 2 N–H and O–H groups in total. The van der Waals surface area contributed by atoms with Crippen molar-refractivity contribution in [3.8, 4) is 0 Å². The molecule has 0 saturated carbocycles. The van der Waals surface area contributed by atoms with Gasteiger partial charge in [-0.1, -0.05) is 126 Å². The van der Waals surface area contributed by atoms with Crippen molar-refractivity contribution in [2.24, 2.45) is 5.92 Å². The summed E-state index contributed by atoms with van der Waals surface area (Å²) in [6.07, 6.45) is 33.4. The summed E-state index contributed by atoms with van der Waals surface area (Å²) < 4.78 is 0. The van der Waals surface area contributed by atoms with Gasteiger partial charge in [-0.3, -0.25) is 4.79 Å². The summed E-state index contributed by atoms with van der Waals surface area (Å²) in [4.78, 5) is 22.9. The van der Waals surface area contributed by atoms with Crippen LogP contribution in [0.25, 0.3) is 0 Å². The number of rotatable bonds is 18. The molecule has 0 aromatic rings. The van der Waals surface area contributed by atoms with E-state index in [1.165, 1.54) is 51.0 Å². The lowest BCUT2D eigenvalue weighted by Crippen LogP contribution is -2.40. The summed E-state index contributed by atoms with van der Waals surface area (Å²) >= 11 is 0. The first kappa shape index (κ1) is 29.4. The molecule has 0 saturated heterocycles. The highest BCUT2D eigenvalue weighted by Gasteiger charge is 2.19. The van der Waals surface area contributed by atoms with Gasteiger partial charge in [0.2, 0.25) is 5.91 Å². The lowest BCUT2D eigenvalue weighted by atomic mass is 10.0. The highest BCUT2D eigenvalue weighted by Crippen LogP contribution is 2.08. The van der Waals surface area contributed by atoms with Crippen LogP contribution in [0.1, 0.15) is 78.6 Å². The smallest absolute Gasteiger partial charge is 0.326 e. The van der Waals surface area contributed by atoms with E-state index >= 15 is 0 Å². The Balaban J connectivity index is 3.95. The van der Waals surface area contributed by atoms with Gasteiger partial charge in [-0.2, -0.15) is 0 Å². The van der Waals surface area contributed by atoms with Crippen molar-refractivity contribution in [3.63, 3.8) is 0 Å². The molecule has 0 aromatic heterocycles. The standard InChI is InChI=1S/C28H43NO3/c1-4-5-6-7-8-9-10-11-12-13-14-15-16-17-18-19-20-21-22-23-27(30)29-26(28(31)32)24-25(2)3/h12-23,25-26H,4-11,24H2,1-3H3,(H,29,30)(H,31,32). The second-order valence-electron chi connectivity index (χ2n) is 8.27. The van der Waals surface area contributed by atoms with E-state index in [4.69, 9.17) is 5.11 Å². The highest BCUT2D eigenvalue weighted by molar-refractivity contribution is 5.91. The Morgan fingerprint density at radius 3 is 1.78 bits per heavy atom.